The fourth-order valence-electron chi connectivity index (χ4n) is 1.29. The van der Waals surface area contributed by atoms with Crippen LogP contribution in [0.3, 0.4) is 0 Å². The Labute approximate surface area is 110 Å². The van der Waals surface area contributed by atoms with Crippen LogP contribution in [0.1, 0.15) is 44.7 Å². The van der Waals surface area contributed by atoms with Crippen molar-refractivity contribution < 1.29 is 4.42 Å². The van der Waals surface area contributed by atoms with E-state index in [4.69, 9.17) is 4.42 Å². The average Bonchev–Trinajstić information content (AvgIpc) is 2.84. The monoisotopic (exact) mass is 248 g/mol. The van der Waals surface area contributed by atoms with E-state index in [-0.39, 0.29) is 0 Å². The van der Waals surface area contributed by atoms with Gasteiger partial charge in [-0.2, -0.15) is 0 Å². The Morgan fingerprint density at radius 3 is 1.89 bits per heavy atom. The van der Waals surface area contributed by atoms with E-state index in [1.54, 1.807) is 6.92 Å². The lowest BCUT2D eigenvalue weighted by molar-refractivity contribution is 0.532. The SMILES string of the molecule is CC.CC.Cc1nnc(-c2ccc(C)c(C)c2)o1. The summed E-state index contributed by atoms with van der Waals surface area (Å²) in [7, 11) is 0. The topological polar surface area (TPSA) is 38.9 Å². The molecule has 2 rings (SSSR count). The summed E-state index contributed by atoms with van der Waals surface area (Å²) in [5.41, 5.74) is 3.48. The van der Waals surface area contributed by atoms with Crippen LogP contribution in [-0.2, 0) is 0 Å². The van der Waals surface area contributed by atoms with Crippen LogP contribution in [0, 0.1) is 20.8 Å². The van der Waals surface area contributed by atoms with Gasteiger partial charge in [0.05, 0.1) is 0 Å². The van der Waals surface area contributed by atoms with Gasteiger partial charge in [0.15, 0.2) is 0 Å². The van der Waals surface area contributed by atoms with Crippen LogP contribution in [0.5, 0.6) is 0 Å². The van der Waals surface area contributed by atoms with E-state index in [0.717, 1.165) is 5.56 Å². The standard InChI is InChI=1S/C11H12N2O.2C2H6/c1-7-4-5-10(6-8(7)2)11-13-12-9(3)14-11;2*1-2/h4-6H,1-3H3;2*1-2H3. The molecule has 0 aliphatic heterocycles. The van der Waals surface area contributed by atoms with Crippen molar-refractivity contribution in [3.63, 3.8) is 0 Å². The third kappa shape index (κ3) is 4.32. The van der Waals surface area contributed by atoms with Gasteiger partial charge in [-0.05, 0) is 37.1 Å². The molecule has 100 valence electrons. The van der Waals surface area contributed by atoms with Gasteiger partial charge in [0.2, 0.25) is 11.8 Å². The van der Waals surface area contributed by atoms with Crippen LogP contribution in [0.15, 0.2) is 22.6 Å². The summed E-state index contributed by atoms with van der Waals surface area (Å²) in [4.78, 5) is 0. The molecule has 0 aliphatic rings. The molecule has 0 atom stereocenters. The van der Waals surface area contributed by atoms with E-state index < -0.39 is 0 Å². The first-order chi connectivity index (χ1) is 8.66. The van der Waals surface area contributed by atoms with Gasteiger partial charge >= 0.3 is 0 Å². The van der Waals surface area contributed by atoms with Crippen LogP contribution >= 0.6 is 0 Å². The summed E-state index contributed by atoms with van der Waals surface area (Å²) in [6, 6.07) is 6.11. The van der Waals surface area contributed by atoms with Crippen LogP contribution < -0.4 is 0 Å². The Morgan fingerprint density at radius 2 is 1.44 bits per heavy atom. The van der Waals surface area contributed by atoms with Crippen molar-refractivity contribution in [1.29, 1.82) is 0 Å². The summed E-state index contributed by atoms with van der Waals surface area (Å²) in [5, 5.41) is 7.77. The molecule has 3 nitrogen and oxygen atoms in total. The second-order valence-corrected chi connectivity index (χ2v) is 3.43. The quantitative estimate of drug-likeness (QED) is 0.733. The van der Waals surface area contributed by atoms with Crippen molar-refractivity contribution in [3.8, 4) is 11.5 Å². The molecule has 0 N–H and O–H groups in total. The number of rotatable bonds is 1. The van der Waals surface area contributed by atoms with Crippen molar-refractivity contribution in [2.75, 3.05) is 0 Å². The lowest BCUT2D eigenvalue weighted by atomic mass is 10.1. The molecule has 0 unspecified atom stereocenters. The molecule has 0 amide bonds. The molecule has 0 radical (unpaired) electrons. The molecule has 0 bridgehead atoms. The Balaban J connectivity index is 0.000000659. The normalized spacial score (nSPS) is 8.83. The summed E-state index contributed by atoms with van der Waals surface area (Å²) in [6.07, 6.45) is 0. The zero-order chi connectivity index (χ0) is 14.1. The van der Waals surface area contributed by atoms with E-state index in [9.17, 15) is 0 Å². The maximum absolute atomic E-state index is 5.34. The largest absolute Gasteiger partial charge is 0.421 e. The zero-order valence-corrected chi connectivity index (χ0v) is 12.5. The van der Waals surface area contributed by atoms with E-state index in [0.29, 0.717) is 11.8 Å². The first-order valence-corrected chi connectivity index (χ1v) is 6.54. The van der Waals surface area contributed by atoms with Crippen LogP contribution in [0.25, 0.3) is 11.5 Å². The number of aromatic nitrogens is 2. The molecule has 0 saturated heterocycles. The predicted octanol–water partition coefficient (Wildman–Crippen LogP) is 4.71. The molecule has 1 aromatic heterocycles. The lowest BCUT2D eigenvalue weighted by Gasteiger charge is -2.00. The van der Waals surface area contributed by atoms with Gasteiger partial charge in [0, 0.05) is 12.5 Å². The first-order valence-electron chi connectivity index (χ1n) is 6.54. The summed E-state index contributed by atoms with van der Waals surface area (Å²) < 4.78 is 5.34. The van der Waals surface area contributed by atoms with Crippen LogP contribution in [0.2, 0.25) is 0 Å². The number of nitrogens with zero attached hydrogens (tertiary/aromatic N) is 2. The maximum Gasteiger partial charge on any atom is 0.247 e. The Hall–Kier alpha value is -1.64. The summed E-state index contributed by atoms with van der Waals surface area (Å²) in [6.45, 7) is 13.9. The van der Waals surface area contributed by atoms with E-state index in [1.807, 2.05) is 33.8 Å². The molecule has 2 aromatic rings. The van der Waals surface area contributed by atoms with Crippen molar-refractivity contribution in [2.24, 2.45) is 0 Å². The summed E-state index contributed by atoms with van der Waals surface area (Å²) in [5.74, 6) is 1.18. The maximum atomic E-state index is 5.34. The van der Waals surface area contributed by atoms with Gasteiger partial charge in [0.25, 0.3) is 0 Å². The minimum atomic E-state index is 0.589. The smallest absolute Gasteiger partial charge is 0.247 e. The fourth-order valence-corrected chi connectivity index (χ4v) is 1.29. The third-order valence-electron chi connectivity index (χ3n) is 2.28. The van der Waals surface area contributed by atoms with Crippen molar-refractivity contribution in [1.82, 2.24) is 10.2 Å². The number of aryl methyl sites for hydroxylation is 3. The second-order valence-electron chi connectivity index (χ2n) is 3.43. The molecule has 18 heavy (non-hydrogen) atoms. The molecule has 0 fully saturated rings. The molecule has 0 spiro atoms. The number of hydrogen-bond acceptors (Lipinski definition) is 3. The first kappa shape index (κ1) is 16.4. The highest BCUT2D eigenvalue weighted by molar-refractivity contribution is 5.55. The molecule has 3 heteroatoms. The van der Waals surface area contributed by atoms with E-state index in [1.165, 1.54) is 11.1 Å². The van der Waals surface area contributed by atoms with Gasteiger partial charge in [-0.3, -0.25) is 0 Å². The van der Waals surface area contributed by atoms with Crippen LogP contribution in [0.4, 0.5) is 0 Å². The van der Waals surface area contributed by atoms with Crippen LogP contribution in [-0.4, -0.2) is 10.2 Å². The Kier molecular flexibility index (Phi) is 7.68. The molecule has 0 saturated carbocycles. The molecule has 1 heterocycles. The summed E-state index contributed by atoms with van der Waals surface area (Å²) >= 11 is 0. The molecular weight excluding hydrogens is 224 g/mol. The minimum absolute atomic E-state index is 0.589. The molecule has 0 aliphatic carbocycles. The van der Waals surface area contributed by atoms with Crippen molar-refractivity contribution >= 4 is 0 Å². The van der Waals surface area contributed by atoms with Gasteiger partial charge in [-0.1, -0.05) is 33.8 Å². The van der Waals surface area contributed by atoms with Gasteiger partial charge in [0.1, 0.15) is 0 Å². The van der Waals surface area contributed by atoms with Crippen molar-refractivity contribution in [2.45, 2.75) is 48.5 Å². The third-order valence-corrected chi connectivity index (χ3v) is 2.28. The van der Waals surface area contributed by atoms with Gasteiger partial charge in [-0.15, -0.1) is 10.2 Å². The minimum Gasteiger partial charge on any atom is -0.421 e. The highest BCUT2D eigenvalue weighted by atomic mass is 16.4. The molecular formula is C15H24N2O. The highest BCUT2D eigenvalue weighted by Crippen LogP contribution is 2.20. The van der Waals surface area contributed by atoms with Gasteiger partial charge < -0.3 is 4.42 Å². The lowest BCUT2D eigenvalue weighted by Crippen LogP contribution is -1.83. The zero-order valence-electron chi connectivity index (χ0n) is 12.5. The average molecular weight is 248 g/mol. The van der Waals surface area contributed by atoms with Gasteiger partial charge in [-0.25, -0.2) is 0 Å². The predicted molar refractivity (Wildman–Crippen MR) is 76.6 cm³/mol. The van der Waals surface area contributed by atoms with E-state index >= 15 is 0 Å². The van der Waals surface area contributed by atoms with E-state index in [2.05, 4.69) is 36.2 Å². The fraction of sp³-hybridized carbons (Fsp3) is 0.467. The Morgan fingerprint density at radius 1 is 0.833 bits per heavy atom. The number of benzene rings is 1. The number of hydrogen-bond donors (Lipinski definition) is 0. The molecule has 1 aromatic carbocycles. The van der Waals surface area contributed by atoms with Crippen molar-refractivity contribution in [3.05, 3.63) is 35.2 Å². The second kappa shape index (κ2) is 8.45. The Bertz CT molecular complexity index is 461. The highest BCUT2D eigenvalue weighted by Gasteiger charge is 2.05.